The van der Waals surface area contributed by atoms with Gasteiger partial charge >= 0.3 is 0 Å². The molecule has 1 amide bonds. The van der Waals surface area contributed by atoms with E-state index in [9.17, 15) is 9.18 Å². The fourth-order valence-electron chi connectivity index (χ4n) is 2.44. The molecule has 1 atom stereocenters. The van der Waals surface area contributed by atoms with Crippen LogP contribution in [0.3, 0.4) is 0 Å². The number of benzene rings is 2. The Morgan fingerprint density at radius 1 is 1.33 bits per heavy atom. The Balaban J connectivity index is 1.62. The van der Waals surface area contributed by atoms with Gasteiger partial charge in [0.25, 0.3) is 0 Å². The Morgan fingerprint density at radius 3 is 2.95 bits per heavy atom. The largest absolute Gasteiger partial charge is 0.373 e. The molecule has 0 spiro atoms. The van der Waals surface area contributed by atoms with Gasteiger partial charge in [-0.2, -0.15) is 0 Å². The number of rotatable bonds is 3. The lowest BCUT2D eigenvalue weighted by Crippen LogP contribution is -2.38. The van der Waals surface area contributed by atoms with Crippen LogP contribution in [0.1, 0.15) is 11.1 Å². The first-order chi connectivity index (χ1) is 10.1. The summed E-state index contributed by atoms with van der Waals surface area (Å²) in [5, 5.41) is 6.04. The van der Waals surface area contributed by atoms with Crippen LogP contribution >= 0.6 is 15.9 Å². The molecule has 108 valence electrons. The molecule has 1 heterocycles. The number of carbonyl (C=O) groups excluding carboxylic acids is 1. The number of carbonyl (C=O) groups is 1. The Kier molecular flexibility index (Phi) is 3.92. The van der Waals surface area contributed by atoms with Crippen molar-refractivity contribution in [1.82, 2.24) is 5.32 Å². The first-order valence-electron chi connectivity index (χ1n) is 6.69. The molecule has 2 N–H and O–H groups in total. The van der Waals surface area contributed by atoms with Gasteiger partial charge in [-0.3, -0.25) is 4.79 Å². The van der Waals surface area contributed by atoms with E-state index >= 15 is 0 Å². The Labute approximate surface area is 130 Å². The fraction of sp³-hybridized carbons (Fsp3) is 0.188. The maximum atomic E-state index is 13.2. The highest BCUT2D eigenvalue weighted by Gasteiger charge is 2.26. The van der Waals surface area contributed by atoms with Crippen molar-refractivity contribution in [2.24, 2.45) is 0 Å². The van der Waals surface area contributed by atoms with Crippen LogP contribution in [0.25, 0.3) is 0 Å². The van der Waals surface area contributed by atoms with Gasteiger partial charge in [0.2, 0.25) is 5.91 Å². The van der Waals surface area contributed by atoms with Crippen LogP contribution in [0.15, 0.2) is 46.9 Å². The van der Waals surface area contributed by atoms with Gasteiger partial charge in [-0.25, -0.2) is 4.39 Å². The Morgan fingerprint density at radius 2 is 2.14 bits per heavy atom. The SMILES string of the molecule is O=C(NCc1cc(F)ccc1Br)C1Cc2ccccc2N1. The van der Waals surface area contributed by atoms with Crippen LogP contribution in [-0.2, 0) is 17.8 Å². The molecule has 0 saturated heterocycles. The molecular weight excluding hydrogens is 335 g/mol. The predicted octanol–water partition coefficient (Wildman–Crippen LogP) is 3.24. The maximum Gasteiger partial charge on any atom is 0.243 e. The third-order valence-electron chi connectivity index (χ3n) is 3.55. The summed E-state index contributed by atoms with van der Waals surface area (Å²) in [6.07, 6.45) is 0.673. The van der Waals surface area contributed by atoms with E-state index in [2.05, 4.69) is 26.6 Å². The molecule has 2 aromatic carbocycles. The van der Waals surface area contributed by atoms with Crippen molar-refractivity contribution in [3.8, 4) is 0 Å². The number of nitrogens with one attached hydrogen (secondary N) is 2. The van der Waals surface area contributed by atoms with E-state index in [1.807, 2.05) is 24.3 Å². The fourth-order valence-corrected chi connectivity index (χ4v) is 2.83. The van der Waals surface area contributed by atoms with E-state index in [1.54, 1.807) is 6.07 Å². The summed E-state index contributed by atoms with van der Waals surface area (Å²) in [6.45, 7) is 0.297. The highest BCUT2D eigenvalue weighted by atomic mass is 79.9. The smallest absolute Gasteiger partial charge is 0.243 e. The van der Waals surface area contributed by atoms with Gasteiger partial charge in [0.05, 0.1) is 0 Å². The lowest BCUT2D eigenvalue weighted by molar-refractivity contribution is -0.121. The molecule has 1 aliphatic heterocycles. The number of amides is 1. The zero-order valence-electron chi connectivity index (χ0n) is 11.2. The van der Waals surface area contributed by atoms with E-state index in [1.165, 1.54) is 12.1 Å². The average molecular weight is 349 g/mol. The molecule has 0 aromatic heterocycles. The zero-order valence-corrected chi connectivity index (χ0v) is 12.8. The highest BCUT2D eigenvalue weighted by molar-refractivity contribution is 9.10. The molecule has 1 aliphatic rings. The minimum atomic E-state index is -0.311. The van der Waals surface area contributed by atoms with Gasteiger partial charge < -0.3 is 10.6 Å². The molecule has 21 heavy (non-hydrogen) atoms. The lowest BCUT2D eigenvalue weighted by Gasteiger charge is -2.12. The van der Waals surface area contributed by atoms with Crippen LogP contribution in [0.5, 0.6) is 0 Å². The second kappa shape index (κ2) is 5.85. The van der Waals surface area contributed by atoms with Gasteiger partial charge in [0.1, 0.15) is 11.9 Å². The van der Waals surface area contributed by atoms with Crippen molar-refractivity contribution in [3.05, 3.63) is 63.9 Å². The topological polar surface area (TPSA) is 41.1 Å². The molecule has 0 saturated carbocycles. The van der Waals surface area contributed by atoms with E-state index in [0.717, 1.165) is 21.3 Å². The van der Waals surface area contributed by atoms with E-state index in [0.29, 0.717) is 13.0 Å². The van der Waals surface area contributed by atoms with Crippen LogP contribution in [-0.4, -0.2) is 11.9 Å². The minimum absolute atomic E-state index is 0.0811. The quantitative estimate of drug-likeness (QED) is 0.893. The molecule has 0 aliphatic carbocycles. The molecule has 3 nitrogen and oxygen atoms in total. The van der Waals surface area contributed by atoms with Crippen molar-refractivity contribution >= 4 is 27.5 Å². The number of anilines is 1. The Bertz CT molecular complexity index is 665. The van der Waals surface area contributed by atoms with Crippen molar-refractivity contribution < 1.29 is 9.18 Å². The summed E-state index contributed by atoms with van der Waals surface area (Å²) < 4.78 is 14.0. The summed E-state index contributed by atoms with van der Waals surface area (Å²) in [5.74, 6) is -0.392. The van der Waals surface area contributed by atoms with Crippen molar-refractivity contribution in [1.29, 1.82) is 0 Å². The number of para-hydroxylation sites is 1. The molecule has 5 heteroatoms. The van der Waals surface area contributed by atoms with Crippen molar-refractivity contribution in [2.75, 3.05) is 5.32 Å². The van der Waals surface area contributed by atoms with Gasteiger partial charge in [-0.05, 0) is 35.4 Å². The summed E-state index contributed by atoms with van der Waals surface area (Å²) >= 11 is 3.35. The maximum absolute atomic E-state index is 13.2. The molecule has 0 fully saturated rings. The van der Waals surface area contributed by atoms with Crippen LogP contribution in [0.2, 0.25) is 0 Å². The average Bonchev–Trinajstić information content (AvgIpc) is 2.92. The number of halogens is 2. The number of hydrogen-bond acceptors (Lipinski definition) is 2. The monoisotopic (exact) mass is 348 g/mol. The Hall–Kier alpha value is -1.88. The van der Waals surface area contributed by atoms with Gasteiger partial charge in [-0.1, -0.05) is 34.1 Å². The van der Waals surface area contributed by atoms with E-state index in [-0.39, 0.29) is 17.8 Å². The first kappa shape index (κ1) is 14.1. The van der Waals surface area contributed by atoms with Gasteiger partial charge in [0.15, 0.2) is 0 Å². The van der Waals surface area contributed by atoms with Gasteiger partial charge in [-0.15, -0.1) is 0 Å². The molecule has 3 rings (SSSR count). The second-order valence-electron chi connectivity index (χ2n) is 5.01. The lowest BCUT2D eigenvalue weighted by atomic mass is 10.1. The van der Waals surface area contributed by atoms with Crippen LogP contribution in [0.4, 0.5) is 10.1 Å². The summed E-state index contributed by atoms with van der Waals surface area (Å²) in [6, 6.07) is 12.0. The number of hydrogen-bond donors (Lipinski definition) is 2. The normalized spacial score (nSPS) is 16.2. The van der Waals surface area contributed by atoms with Crippen LogP contribution in [0, 0.1) is 5.82 Å². The first-order valence-corrected chi connectivity index (χ1v) is 7.49. The molecular formula is C16H14BrFN2O. The standard InChI is InChI=1S/C16H14BrFN2O/c17-13-6-5-12(18)7-11(13)9-19-16(21)15-8-10-3-1-2-4-14(10)20-15/h1-7,15,20H,8-9H2,(H,19,21). The highest BCUT2D eigenvalue weighted by Crippen LogP contribution is 2.25. The predicted molar refractivity (Wildman–Crippen MR) is 83.5 cm³/mol. The van der Waals surface area contributed by atoms with E-state index < -0.39 is 0 Å². The number of fused-ring (bicyclic) bond motifs is 1. The minimum Gasteiger partial charge on any atom is -0.373 e. The summed E-state index contributed by atoms with van der Waals surface area (Å²) in [4.78, 5) is 12.2. The third kappa shape index (κ3) is 3.08. The van der Waals surface area contributed by atoms with Crippen LogP contribution < -0.4 is 10.6 Å². The third-order valence-corrected chi connectivity index (χ3v) is 4.32. The molecule has 0 radical (unpaired) electrons. The van der Waals surface area contributed by atoms with E-state index in [4.69, 9.17) is 0 Å². The zero-order chi connectivity index (χ0) is 14.8. The molecule has 1 unspecified atom stereocenters. The molecule has 0 bridgehead atoms. The molecule has 2 aromatic rings. The van der Waals surface area contributed by atoms with Gasteiger partial charge in [0, 0.05) is 23.1 Å². The van der Waals surface area contributed by atoms with Crippen molar-refractivity contribution in [2.45, 2.75) is 19.0 Å². The van der Waals surface area contributed by atoms with Crippen molar-refractivity contribution in [3.63, 3.8) is 0 Å². The second-order valence-corrected chi connectivity index (χ2v) is 5.87. The summed E-state index contributed by atoms with van der Waals surface area (Å²) in [7, 11) is 0. The summed E-state index contributed by atoms with van der Waals surface area (Å²) in [5.41, 5.74) is 2.87.